The smallest absolute Gasteiger partial charge is 0.276 e. The number of carbonyl (C=O) groups is 1. The van der Waals surface area contributed by atoms with Crippen LogP contribution >= 0.6 is 0 Å². The van der Waals surface area contributed by atoms with Crippen LogP contribution in [0.4, 0.5) is 5.69 Å². The van der Waals surface area contributed by atoms with Crippen molar-refractivity contribution in [2.24, 2.45) is 0 Å². The van der Waals surface area contributed by atoms with Gasteiger partial charge in [-0.1, -0.05) is 0 Å². The van der Waals surface area contributed by atoms with Crippen molar-refractivity contribution in [3.63, 3.8) is 0 Å². The summed E-state index contributed by atoms with van der Waals surface area (Å²) in [5, 5.41) is 10.8. The Bertz CT molecular complexity index is 620. The molecule has 2 rings (SSSR count). The Labute approximate surface area is 109 Å². The van der Waals surface area contributed by atoms with Crippen LogP contribution in [0.15, 0.2) is 42.5 Å². The van der Waals surface area contributed by atoms with Gasteiger partial charge < -0.3 is 4.74 Å². The van der Waals surface area contributed by atoms with Crippen LogP contribution < -0.4 is 4.74 Å². The summed E-state index contributed by atoms with van der Waals surface area (Å²) in [4.78, 5) is 20.9. The molecular weight excluding hydrogens is 246 g/mol. The first-order valence-corrected chi connectivity index (χ1v) is 5.58. The highest BCUT2D eigenvalue weighted by Crippen LogP contribution is 2.27. The van der Waals surface area contributed by atoms with Crippen LogP contribution in [-0.4, -0.2) is 11.2 Å². The molecule has 2 aromatic carbocycles. The summed E-state index contributed by atoms with van der Waals surface area (Å²) in [6.45, 7) is 1.67. The monoisotopic (exact) mass is 257 g/mol. The van der Waals surface area contributed by atoms with Crippen LogP contribution in [0, 0.1) is 17.0 Å². The number of aldehydes is 1. The van der Waals surface area contributed by atoms with E-state index in [0.717, 1.165) is 6.29 Å². The van der Waals surface area contributed by atoms with Crippen molar-refractivity contribution in [1.82, 2.24) is 0 Å². The Hall–Kier alpha value is -2.69. The molecule has 5 nitrogen and oxygen atoms in total. The highest BCUT2D eigenvalue weighted by molar-refractivity contribution is 5.74. The lowest BCUT2D eigenvalue weighted by Gasteiger charge is -2.06. The summed E-state index contributed by atoms with van der Waals surface area (Å²) in [5.41, 5.74) is 1.14. The zero-order chi connectivity index (χ0) is 13.8. The number of nitro groups is 1. The Morgan fingerprint density at radius 1 is 1.11 bits per heavy atom. The van der Waals surface area contributed by atoms with Crippen LogP contribution in [0.3, 0.4) is 0 Å². The second-order valence-corrected chi connectivity index (χ2v) is 3.99. The molecule has 0 amide bonds. The van der Waals surface area contributed by atoms with E-state index < -0.39 is 4.92 Å². The first kappa shape index (κ1) is 12.8. The van der Waals surface area contributed by atoms with Gasteiger partial charge in [0.25, 0.3) is 5.69 Å². The van der Waals surface area contributed by atoms with E-state index in [-0.39, 0.29) is 5.69 Å². The van der Waals surface area contributed by atoms with Crippen LogP contribution in [0.5, 0.6) is 11.5 Å². The molecule has 0 fully saturated rings. The van der Waals surface area contributed by atoms with Gasteiger partial charge in [-0.3, -0.25) is 14.9 Å². The molecule has 0 spiro atoms. The van der Waals surface area contributed by atoms with Gasteiger partial charge in [0.2, 0.25) is 0 Å². The van der Waals surface area contributed by atoms with Crippen LogP contribution in [0.25, 0.3) is 0 Å². The van der Waals surface area contributed by atoms with Crippen molar-refractivity contribution in [3.05, 3.63) is 63.7 Å². The van der Waals surface area contributed by atoms with Gasteiger partial charge in [0.05, 0.1) is 11.0 Å². The van der Waals surface area contributed by atoms with E-state index in [9.17, 15) is 14.9 Å². The van der Waals surface area contributed by atoms with Crippen LogP contribution in [0.2, 0.25) is 0 Å². The van der Waals surface area contributed by atoms with Crippen molar-refractivity contribution in [2.45, 2.75) is 6.92 Å². The summed E-state index contributed by atoms with van der Waals surface area (Å²) in [6, 6.07) is 11.2. The molecule has 0 saturated heterocycles. The molecular formula is C14H11NO4. The number of rotatable bonds is 4. The summed E-state index contributed by atoms with van der Waals surface area (Å²) < 4.78 is 5.50. The van der Waals surface area contributed by atoms with Gasteiger partial charge in [0, 0.05) is 11.1 Å². The van der Waals surface area contributed by atoms with Gasteiger partial charge >= 0.3 is 0 Å². The topological polar surface area (TPSA) is 69.4 Å². The summed E-state index contributed by atoms with van der Waals surface area (Å²) in [7, 11) is 0. The number of ether oxygens (including phenoxy) is 1. The van der Waals surface area contributed by atoms with E-state index in [4.69, 9.17) is 4.74 Å². The molecule has 5 heteroatoms. The largest absolute Gasteiger partial charge is 0.457 e. The quantitative estimate of drug-likeness (QED) is 0.477. The molecule has 0 aliphatic heterocycles. The second kappa shape index (κ2) is 5.30. The minimum atomic E-state index is -0.447. The zero-order valence-corrected chi connectivity index (χ0v) is 10.2. The average molecular weight is 257 g/mol. The Balaban J connectivity index is 2.25. The minimum Gasteiger partial charge on any atom is -0.457 e. The average Bonchev–Trinajstić information content (AvgIpc) is 2.41. The van der Waals surface area contributed by atoms with Crippen molar-refractivity contribution in [2.75, 3.05) is 0 Å². The number of hydrogen-bond donors (Lipinski definition) is 0. The van der Waals surface area contributed by atoms with E-state index in [1.807, 2.05) is 0 Å². The van der Waals surface area contributed by atoms with Crippen molar-refractivity contribution >= 4 is 12.0 Å². The first-order valence-electron chi connectivity index (χ1n) is 5.58. The molecule has 0 aliphatic rings. The van der Waals surface area contributed by atoms with Gasteiger partial charge in [0.15, 0.2) is 0 Å². The first-order chi connectivity index (χ1) is 9.10. The SMILES string of the molecule is Cc1ccc(Oc2ccc(C=O)cc2)cc1[N+](=O)[O-]. The number of carbonyl (C=O) groups excluding carboxylic acids is 1. The molecule has 0 atom stereocenters. The molecule has 0 bridgehead atoms. The van der Waals surface area contributed by atoms with Crippen molar-refractivity contribution in [3.8, 4) is 11.5 Å². The van der Waals surface area contributed by atoms with Crippen molar-refractivity contribution in [1.29, 1.82) is 0 Å². The molecule has 0 unspecified atom stereocenters. The van der Waals surface area contributed by atoms with E-state index in [1.165, 1.54) is 6.07 Å². The fourth-order valence-corrected chi connectivity index (χ4v) is 1.60. The highest BCUT2D eigenvalue weighted by Gasteiger charge is 2.11. The van der Waals surface area contributed by atoms with Gasteiger partial charge in [-0.05, 0) is 43.3 Å². The fraction of sp³-hybridized carbons (Fsp3) is 0.0714. The summed E-state index contributed by atoms with van der Waals surface area (Å²) >= 11 is 0. The molecule has 0 aliphatic carbocycles. The predicted octanol–water partition coefficient (Wildman–Crippen LogP) is 3.51. The van der Waals surface area contributed by atoms with Gasteiger partial charge in [-0.25, -0.2) is 0 Å². The van der Waals surface area contributed by atoms with Gasteiger partial charge in [0.1, 0.15) is 17.8 Å². The Kier molecular flexibility index (Phi) is 3.56. The summed E-state index contributed by atoms with van der Waals surface area (Å²) in [5.74, 6) is 0.903. The van der Waals surface area contributed by atoms with E-state index in [1.54, 1.807) is 43.3 Å². The molecule has 0 radical (unpaired) electrons. The zero-order valence-electron chi connectivity index (χ0n) is 10.2. The molecule has 96 valence electrons. The maximum Gasteiger partial charge on any atom is 0.276 e. The van der Waals surface area contributed by atoms with Gasteiger partial charge in [-0.2, -0.15) is 0 Å². The fourth-order valence-electron chi connectivity index (χ4n) is 1.60. The Morgan fingerprint density at radius 2 is 1.74 bits per heavy atom. The highest BCUT2D eigenvalue weighted by atomic mass is 16.6. The second-order valence-electron chi connectivity index (χ2n) is 3.99. The van der Waals surface area contributed by atoms with Gasteiger partial charge in [-0.15, -0.1) is 0 Å². The third-order valence-electron chi connectivity index (χ3n) is 2.63. The third kappa shape index (κ3) is 2.95. The number of aryl methyl sites for hydroxylation is 1. The molecule has 0 N–H and O–H groups in total. The predicted molar refractivity (Wildman–Crippen MR) is 69.7 cm³/mol. The molecule has 0 aromatic heterocycles. The normalized spacial score (nSPS) is 9.95. The number of nitro benzene ring substituents is 1. The maximum atomic E-state index is 10.8. The van der Waals surface area contributed by atoms with E-state index in [0.29, 0.717) is 22.6 Å². The van der Waals surface area contributed by atoms with Crippen LogP contribution in [0.1, 0.15) is 15.9 Å². The lowest BCUT2D eigenvalue weighted by atomic mass is 10.2. The number of benzene rings is 2. The molecule has 0 heterocycles. The molecule has 0 saturated carbocycles. The lowest BCUT2D eigenvalue weighted by molar-refractivity contribution is -0.385. The maximum absolute atomic E-state index is 10.8. The third-order valence-corrected chi connectivity index (χ3v) is 2.63. The number of hydrogen-bond acceptors (Lipinski definition) is 4. The van der Waals surface area contributed by atoms with Crippen molar-refractivity contribution < 1.29 is 14.5 Å². The van der Waals surface area contributed by atoms with Crippen LogP contribution in [-0.2, 0) is 0 Å². The standard InChI is InChI=1S/C14H11NO4/c1-10-2-5-13(8-14(10)15(17)18)19-12-6-3-11(9-16)4-7-12/h2-9H,1H3. The minimum absolute atomic E-state index is 0.0158. The Morgan fingerprint density at radius 3 is 2.32 bits per heavy atom. The molecule has 2 aromatic rings. The molecule has 19 heavy (non-hydrogen) atoms. The number of nitrogens with zero attached hydrogens (tertiary/aromatic N) is 1. The lowest BCUT2D eigenvalue weighted by Crippen LogP contribution is -1.93. The van der Waals surface area contributed by atoms with E-state index in [2.05, 4.69) is 0 Å². The van der Waals surface area contributed by atoms with E-state index >= 15 is 0 Å². The summed E-state index contributed by atoms with van der Waals surface area (Å²) in [6.07, 6.45) is 0.737.